The predicted molar refractivity (Wildman–Crippen MR) is 80.4 cm³/mol. The molecule has 0 bridgehead atoms. The molecule has 0 aliphatic carbocycles. The van der Waals surface area contributed by atoms with Crippen LogP contribution >= 0.6 is 0 Å². The monoisotopic (exact) mass is 294 g/mol. The van der Waals surface area contributed by atoms with Crippen LogP contribution in [0.15, 0.2) is 0 Å². The Hall–Kier alpha value is -1.43. The summed E-state index contributed by atoms with van der Waals surface area (Å²) in [7, 11) is 0. The van der Waals surface area contributed by atoms with E-state index in [1.54, 1.807) is 6.92 Å². The predicted octanol–water partition coefficient (Wildman–Crippen LogP) is 2.06. The van der Waals surface area contributed by atoms with Crippen LogP contribution in [0.1, 0.15) is 62.1 Å². The van der Waals surface area contributed by atoms with Gasteiger partial charge in [0.2, 0.25) is 0 Å². The molecule has 1 aromatic rings. The van der Waals surface area contributed by atoms with Crippen molar-refractivity contribution in [3.8, 4) is 0 Å². The Balaban J connectivity index is 1.99. The molecule has 0 atom stereocenters. The Kier molecular flexibility index (Phi) is 5.73. The van der Waals surface area contributed by atoms with E-state index in [0.29, 0.717) is 12.3 Å². The number of nitrogens with zero attached hydrogens (tertiary/aromatic N) is 4. The van der Waals surface area contributed by atoms with E-state index >= 15 is 0 Å². The first-order valence-electron chi connectivity index (χ1n) is 7.96. The van der Waals surface area contributed by atoms with E-state index in [1.807, 2.05) is 4.68 Å². The van der Waals surface area contributed by atoms with Crippen molar-refractivity contribution in [1.29, 1.82) is 0 Å². The molecule has 118 valence electrons. The van der Waals surface area contributed by atoms with Gasteiger partial charge in [-0.25, -0.2) is 9.48 Å². The van der Waals surface area contributed by atoms with E-state index in [9.17, 15) is 4.79 Å². The summed E-state index contributed by atoms with van der Waals surface area (Å²) in [4.78, 5) is 14.4. The zero-order valence-electron chi connectivity index (χ0n) is 13.3. The lowest BCUT2D eigenvalue weighted by Gasteiger charge is -2.15. The first-order valence-corrected chi connectivity index (χ1v) is 7.96. The number of aryl methyl sites for hydroxylation is 1. The van der Waals surface area contributed by atoms with Gasteiger partial charge in [0.25, 0.3) is 0 Å². The molecule has 0 N–H and O–H groups in total. The van der Waals surface area contributed by atoms with Crippen LogP contribution in [0.5, 0.6) is 0 Å². The van der Waals surface area contributed by atoms with Gasteiger partial charge in [-0.15, -0.1) is 5.10 Å². The van der Waals surface area contributed by atoms with Crippen molar-refractivity contribution in [2.75, 3.05) is 26.2 Å². The highest BCUT2D eigenvalue weighted by Crippen LogP contribution is 2.19. The number of likely N-dealkylation sites (tertiary alicyclic amines) is 1. The third-order valence-corrected chi connectivity index (χ3v) is 3.83. The summed E-state index contributed by atoms with van der Waals surface area (Å²) >= 11 is 0. The van der Waals surface area contributed by atoms with Crippen molar-refractivity contribution in [3.05, 3.63) is 11.4 Å². The lowest BCUT2D eigenvalue weighted by atomic mass is 10.1. The quantitative estimate of drug-likeness (QED) is 0.720. The van der Waals surface area contributed by atoms with Crippen LogP contribution in [0, 0.1) is 0 Å². The highest BCUT2D eigenvalue weighted by Gasteiger charge is 2.23. The minimum atomic E-state index is -0.369. The molecular formula is C15H26N4O2. The lowest BCUT2D eigenvalue weighted by Crippen LogP contribution is -2.22. The number of carbonyl (C=O) groups is 1. The number of carbonyl (C=O) groups excluding carboxylic acids is 1. The molecule has 1 fully saturated rings. The normalized spacial score (nSPS) is 15.8. The molecule has 0 amide bonds. The maximum atomic E-state index is 11.9. The fourth-order valence-electron chi connectivity index (χ4n) is 2.85. The van der Waals surface area contributed by atoms with Crippen LogP contribution in [0.4, 0.5) is 0 Å². The van der Waals surface area contributed by atoms with Gasteiger partial charge in [0.05, 0.1) is 12.3 Å². The summed E-state index contributed by atoms with van der Waals surface area (Å²) in [5, 5.41) is 8.18. The van der Waals surface area contributed by atoms with Crippen LogP contribution in [-0.2, 0) is 11.3 Å². The van der Waals surface area contributed by atoms with Gasteiger partial charge in [0.15, 0.2) is 5.69 Å². The zero-order valence-corrected chi connectivity index (χ0v) is 13.3. The van der Waals surface area contributed by atoms with Crippen molar-refractivity contribution < 1.29 is 9.53 Å². The van der Waals surface area contributed by atoms with Crippen molar-refractivity contribution in [1.82, 2.24) is 19.9 Å². The van der Waals surface area contributed by atoms with Crippen molar-refractivity contribution >= 4 is 5.97 Å². The molecule has 1 saturated heterocycles. The summed E-state index contributed by atoms with van der Waals surface area (Å²) in [6.07, 6.45) is 3.66. The highest BCUT2D eigenvalue weighted by atomic mass is 16.5. The van der Waals surface area contributed by atoms with E-state index in [2.05, 4.69) is 29.1 Å². The van der Waals surface area contributed by atoms with Gasteiger partial charge in [-0.05, 0) is 51.7 Å². The molecule has 6 heteroatoms. The van der Waals surface area contributed by atoms with Crippen LogP contribution < -0.4 is 0 Å². The summed E-state index contributed by atoms with van der Waals surface area (Å²) in [5.41, 5.74) is 1.25. The molecule has 0 spiro atoms. The van der Waals surface area contributed by atoms with Crippen molar-refractivity contribution in [3.63, 3.8) is 0 Å². The maximum Gasteiger partial charge on any atom is 0.360 e. The van der Waals surface area contributed by atoms with Crippen LogP contribution in [0.2, 0.25) is 0 Å². The standard InChI is InChI=1S/C15H26N4O2/c1-4-21-15(20)13-14(12(2)3)19(17-16-13)11-7-10-18-8-5-6-9-18/h12H,4-11H2,1-3H3. The molecule has 2 heterocycles. The van der Waals surface area contributed by atoms with Crippen LogP contribution in [0.25, 0.3) is 0 Å². The van der Waals surface area contributed by atoms with Crippen LogP contribution in [0.3, 0.4) is 0 Å². The average Bonchev–Trinajstić information content (AvgIpc) is 3.08. The minimum Gasteiger partial charge on any atom is -0.461 e. The molecule has 21 heavy (non-hydrogen) atoms. The first kappa shape index (κ1) is 15.9. The second kappa shape index (κ2) is 7.54. The number of esters is 1. The Bertz CT molecular complexity index is 464. The highest BCUT2D eigenvalue weighted by molar-refractivity contribution is 5.88. The number of ether oxygens (including phenoxy) is 1. The third kappa shape index (κ3) is 4.03. The van der Waals surface area contributed by atoms with E-state index < -0.39 is 0 Å². The fraction of sp³-hybridized carbons (Fsp3) is 0.800. The second-order valence-electron chi connectivity index (χ2n) is 5.82. The topological polar surface area (TPSA) is 60.2 Å². The maximum absolute atomic E-state index is 11.9. The van der Waals surface area contributed by atoms with E-state index in [0.717, 1.165) is 25.2 Å². The zero-order chi connectivity index (χ0) is 15.2. The molecule has 0 unspecified atom stereocenters. The van der Waals surface area contributed by atoms with Gasteiger partial charge in [0.1, 0.15) is 0 Å². The number of hydrogen-bond acceptors (Lipinski definition) is 5. The van der Waals surface area contributed by atoms with Gasteiger partial charge < -0.3 is 9.64 Å². The molecule has 1 aliphatic rings. The molecule has 1 aliphatic heterocycles. The van der Waals surface area contributed by atoms with E-state index in [-0.39, 0.29) is 11.9 Å². The average molecular weight is 294 g/mol. The second-order valence-corrected chi connectivity index (χ2v) is 5.82. The van der Waals surface area contributed by atoms with Crippen LogP contribution in [-0.4, -0.2) is 52.1 Å². The van der Waals surface area contributed by atoms with Gasteiger partial charge in [0, 0.05) is 6.54 Å². The summed E-state index contributed by atoms with van der Waals surface area (Å²) in [6, 6.07) is 0. The third-order valence-electron chi connectivity index (χ3n) is 3.83. The molecule has 6 nitrogen and oxygen atoms in total. The largest absolute Gasteiger partial charge is 0.461 e. The van der Waals surface area contributed by atoms with Gasteiger partial charge in [-0.3, -0.25) is 0 Å². The Morgan fingerprint density at radius 2 is 2.00 bits per heavy atom. The number of hydrogen-bond donors (Lipinski definition) is 0. The molecule has 2 rings (SSSR count). The number of rotatable bonds is 7. The Morgan fingerprint density at radius 1 is 1.29 bits per heavy atom. The van der Waals surface area contributed by atoms with Crippen molar-refractivity contribution in [2.24, 2.45) is 0 Å². The van der Waals surface area contributed by atoms with E-state index in [4.69, 9.17) is 4.74 Å². The van der Waals surface area contributed by atoms with Crippen molar-refractivity contribution in [2.45, 2.75) is 52.5 Å². The molecule has 1 aromatic heterocycles. The summed E-state index contributed by atoms with van der Waals surface area (Å²) < 4.78 is 6.92. The SMILES string of the molecule is CCOC(=O)c1nnn(CCCN2CCCC2)c1C(C)C. The van der Waals surface area contributed by atoms with Gasteiger partial charge in [-0.2, -0.15) is 0 Å². The first-order chi connectivity index (χ1) is 10.1. The van der Waals surface area contributed by atoms with Gasteiger partial charge >= 0.3 is 5.97 Å². The molecule has 0 aromatic carbocycles. The summed E-state index contributed by atoms with van der Waals surface area (Å²) in [6.45, 7) is 10.6. The smallest absolute Gasteiger partial charge is 0.360 e. The Labute approximate surface area is 126 Å². The number of aromatic nitrogens is 3. The summed E-state index contributed by atoms with van der Waals surface area (Å²) in [5.74, 6) is -0.168. The molecule has 0 radical (unpaired) electrons. The fourth-order valence-corrected chi connectivity index (χ4v) is 2.85. The Morgan fingerprint density at radius 3 is 2.62 bits per heavy atom. The molecule has 0 saturated carbocycles. The molecular weight excluding hydrogens is 268 g/mol. The lowest BCUT2D eigenvalue weighted by molar-refractivity contribution is 0.0517. The van der Waals surface area contributed by atoms with E-state index in [1.165, 1.54) is 25.9 Å². The van der Waals surface area contributed by atoms with Gasteiger partial charge in [-0.1, -0.05) is 19.1 Å². The minimum absolute atomic E-state index is 0.200.